The van der Waals surface area contributed by atoms with Gasteiger partial charge in [0.25, 0.3) is 0 Å². The lowest BCUT2D eigenvalue weighted by Gasteiger charge is -2.19. The summed E-state index contributed by atoms with van der Waals surface area (Å²) in [6.45, 7) is 0. The van der Waals surface area contributed by atoms with Crippen molar-refractivity contribution in [2.24, 2.45) is 0 Å². The third kappa shape index (κ3) is 3.71. The molecule has 132 valence electrons. The normalized spacial score (nSPS) is 13.3. The van der Waals surface area contributed by atoms with Crippen LogP contribution < -0.4 is 0 Å². The summed E-state index contributed by atoms with van der Waals surface area (Å²) < 4.78 is 0. The van der Waals surface area contributed by atoms with Crippen molar-refractivity contribution in [3.8, 4) is 0 Å². The smallest absolute Gasteiger partial charge is 0.311 e. The zero-order valence-electron chi connectivity index (χ0n) is 12.5. The molecular formula is C14H13N3O8. The zero-order chi connectivity index (χ0) is 18.7. The van der Waals surface area contributed by atoms with Crippen molar-refractivity contribution < 1.29 is 39.6 Å². The fraction of sp³-hybridized carbons (Fsp3) is 0.286. The Balaban J connectivity index is 2.75. The molecule has 0 saturated heterocycles. The molecule has 5 N–H and O–H groups in total. The third-order valence-corrected chi connectivity index (χ3v) is 3.64. The van der Waals surface area contributed by atoms with E-state index < -0.39 is 48.6 Å². The maximum absolute atomic E-state index is 11.6. The van der Waals surface area contributed by atoms with Crippen molar-refractivity contribution in [2.45, 2.75) is 24.7 Å². The summed E-state index contributed by atoms with van der Waals surface area (Å²) in [5.74, 6) is -8.97. The lowest BCUT2D eigenvalue weighted by Crippen LogP contribution is -2.22. The van der Waals surface area contributed by atoms with Gasteiger partial charge in [0.05, 0.1) is 24.7 Å². The van der Waals surface area contributed by atoms with Gasteiger partial charge in [-0.3, -0.25) is 19.2 Å². The van der Waals surface area contributed by atoms with E-state index >= 15 is 0 Å². The van der Waals surface area contributed by atoms with Gasteiger partial charge >= 0.3 is 23.9 Å². The lowest BCUT2D eigenvalue weighted by molar-refractivity contribution is -0.145. The summed E-state index contributed by atoms with van der Waals surface area (Å²) in [5, 5.41) is 46.5. The van der Waals surface area contributed by atoms with E-state index in [0.717, 1.165) is 0 Å². The van der Waals surface area contributed by atoms with Crippen LogP contribution in [0.4, 0.5) is 0 Å². The Labute approximate surface area is 138 Å². The van der Waals surface area contributed by atoms with E-state index in [1.807, 2.05) is 0 Å². The van der Waals surface area contributed by atoms with Crippen LogP contribution in [0.5, 0.6) is 0 Å². The standard InChI is InChI=1S/C14H13N3O8/c18-9(19)3-6(13(22)23)5-1-2-8-12(16-17-15-8)11(5)7(14(24)25)4-10(20)21/h1-2,6-7H,3-4H2,(H,18,19)(H,20,21)(H,22,23)(H,24,25)(H,15,16,17). The number of nitrogens with one attached hydrogen (secondary N) is 1. The molecule has 1 aromatic carbocycles. The van der Waals surface area contributed by atoms with Gasteiger partial charge in [0, 0.05) is 5.56 Å². The molecule has 0 aliphatic rings. The molecule has 11 nitrogen and oxygen atoms in total. The Morgan fingerprint density at radius 1 is 0.880 bits per heavy atom. The molecule has 1 heterocycles. The minimum atomic E-state index is -1.61. The molecule has 0 aliphatic carbocycles. The van der Waals surface area contributed by atoms with Crippen LogP contribution >= 0.6 is 0 Å². The molecule has 0 radical (unpaired) electrons. The number of aromatic amines is 1. The van der Waals surface area contributed by atoms with E-state index in [9.17, 15) is 29.4 Å². The molecule has 0 aliphatic heterocycles. The van der Waals surface area contributed by atoms with Gasteiger partial charge in [0.2, 0.25) is 0 Å². The van der Waals surface area contributed by atoms with E-state index in [1.165, 1.54) is 12.1 Å². The second-order valence-corrected chi connectivity index (χ2v) is 5.24. The molecule has 11 heteroatoms. The summed E-state index contributed by atoms with van der Waals surface area (Å²) in [7, 11) is 0. The number of aromatic nitrogens is 3. The van der Waals surface area contributed by atoms with Gasteiger partial charge in [-0.15, -0.1) is 0 Å². The van der Waals surface area contributed by atoms with Crippen LogP contribution in [0, 0.1) is 0 Å². The van der Waals surface area contributed by atoms with Gasteiger partial charge in [0.15, 0.2) is 0 Å². The third-order valence-electron chi connectivity index (χ3n) is 3.64. The molecule has 2 unspecified atom stereocenters. The number of carboxylic acids is 4. The van der Waals surface area contributed by atoms with Crippen LogP contribution in [-0.2, 0) is 19.2 Å². The van der Waals surface area contributed by atoms with Crippen LogP contribution in [0.3, 0.4) is 0 Å². The van der Waals surface area contributed by atoms with Gasteiger partial charge in [-0.05, 0) is 11.6 Å². The highest BCUT2D eigenvalue weighted by atomic mass is 16.4. The van der Waals surface area contributed by atoms with E-state index in [1.54, 1.807) is 0 Å². The summed E-state index contributed by atoms with van der Waals surface area (Å²) in [4.78, 5) is 45.1. The quantitative estimate of drug-likeness (QED) is 0.440. The summed E-state index contributed by atoms with van der Waals surface area (Å²) in [6.07, 6.45) is -1.63. The maximum Gasteiger partial charge on any atom is 0.311 e. The molecule has 0 bridgehead atoms. The predicted octanol–water partition coefficient (Wildman–Crippen LogP) is 0.244. The molecule has 2 aromatic rings. The molecule has 2 rings (SSSR count). The minimum absolute atomic E-state index is 0.0113. The number of rotatable bonds is 8. The van der Waals surface area contributed by atoms with Crippen molar-refractivity contribution in [1.29, 1.82) is 0 Å². The average molecular weight is 351 g/mol. The number of benzene rings is 1. The van der Waals surface area contributed by atoms with Gasteiger partial charge in [-0.1, -0.05) is 6.07 Å². The van der Waals surface area contributed by atoms with Crippen LogP contribution in [-0.4, -0.2) is 59.7 Å². The Morgan fingerprint density at radius 3 is 1.96 bits per heavy atom. The van der Waals surface area contributed by atoms with Crippen molar-refractivity contribution in [2.75, 3.05) is 0 Å². The van der Waals surface area contributed by atoms with Crippen molar-refractivity contribution in [1.82, 2.24) is 15.4 Å². The summed E-state index contributed by atoms with van der Waals surface area (Å²) in [5.41, 5.74) is -0.0996. The second-order valence-electron chi connectivity index (χ2n) is 5.24. The molecule has 2 atom stereocenters. The van der Waals surface area contributed by atoms with Crippen LogP contribution in [0.1, 0.15) is 35.8 Å². The molecule has 25 heavy (non-hydrogen) atoms. The number of aliphatic carboxylic acids is 4. The highest BCUT2D eigenvalue weighted by molar-refractivity contribution is 5.92. The number of carbonyl (C=O) groups is 4. The van der Waals surface area contributed by atoms with Gasteiger partial charge < -0.3 is 20.4 Å². The second kappa shape index (κ2) is 6.95. The first kappa shape index (κ1) is 17.8. The van der Waals surface area contributed by atoms with Gasteiger partial charge in [-0.25, -0.2) is 0 Å². The van der Waals surface area contributed by atoms with Crippen molar-refractivity contribution in [3.63, 3.8) is 0 Å². The topological polar surface area (TPSA) is 191 Å². The Hall–Kier alpha value is -3.50. The van der Waals surface area contributed by atoms with Gasteiger partial charge in [0.1, 0.15) is 11.0 Å². The van der Waals surface area contributed by atoms with Crippen LogP contribution in [0.2, 0.25) is 0 Å². The number of carboxylic acid groups (broad SMARTS) is 4. The molecular weight excluding hydrogens is 338 g/mol. The van der Waals surface area contributed by atoms with E-state index in [-0.39, 0.29) is 22.2 Å². The first-order valence-electron chi connectivity index (χ1n) is 6.94. The van der Waals surface area contributed by atoms with E-state index in [0.29, 0.717) is 0 Å². The summed E-state index contributed by atoms with van der Waals surface area (Å²) >= 11 is 0. The SMILES string of the molecule is O=C(O)CC(C(=O)O)c1ccc2n[nH]nc2c1C(CC(=O)O)C(=O)O. The van der Waals surface area contributed by atoms with Crippen molar-refractivity contribution >= 4 is 34.9 Å². The average Bonchev–Trinajstić information content (AvgIpc) is 2.97. The zero-order valence-corrected chi connectivity index (χ0v) is 12.5. The Bertz CT molecular complexity index is 859. The summed E-state index contributed by atoms with van der Waals surface area (Å²) in [6, 6.07) is 2.59. The fourth-order valence-electron chi connectivity index (χ4n) is 2.61. The number of fused-ring (bicyclic) bond motifs is 1. The molecule has 0 fully saturated rings. The molecule has 0 spiro atoms. The number of hydrogen-bond donors (Lipinski definition) is 5. The highest BCUT2D eigenvalue weighted by Gasteiger charge is 2.34. The van der Waals surface area contributed by atoms with Gasteiger partial charge in [-0.2, -0.15) is 15.4 Å². The van der Waals surface area contributed by atoms with Crippen molar-refractivity contribution in [3.05, 3.63) is 23.3 Å². The first-order chi connectivity index (χ1) is 11.7. The monoisotopic (exact) mass is 351 g/mol. The molecule has 0 saturated carbocycles. The number of H-pyrrole nitrogens is 1. The number of nitrogens with zero attached hydrogens (tertiary/aromatic N) is 2. The van der Waals surface area contributed by atoms with Crippen LogP contribution in [0.15, 0.2) is 12.1 Å². The maximum atomic E-state index is 11.6. The largest absolute Gasteiger partial charge is 0.481 e. The van der Waals surface area contributed by atoms with E-state index in [4.69, 9.17) is 10.2 Å². The lowest BCUT2D eigenvalue weighted by atomic mass is 9.83. The Kier molecular flexibility index (Phi) is 4.96. The first-order valence-corrected chi connectivity index (χ1v) is 6.94. The number of hydrogen-bond acceptors (Lipinski definition) is 6. The molecule has 1 aromatic heterocycles. The molecule has 0 amide bonds. The fourth-order valence-corrected chi connectivity index (χ4v) is 2.61. The highest BCUT2D eigenvalue weighted by Crippen LogP contribution is 2.35. The van der Waals surface area contributed by atoms with Crippen LogP contribution in [0.25, 0.3) is 11.0 Å². The van der Waals surface area contributed by atoms with E-state index in [2.05, 4.69) is 15.4 Å². The Morgan fingerprint density at radius 2 is 1.44 bits per heavy atom. The predicted molar refractivity (Wildman–Crippen MR) is 79.1 cm³/mol. The minimum Gasteiger partial charge on any atom is -0.481 e.